The lowest BCUT2D eigenvalue weighted by atomic mass is 9.81. The molecule has 3 atom stereocenters. The Morgan fingerprint density at radius 1 is 1.00 bits per heavy atom. The molecule has 3 rings (SSSR count). The standard InChI is InChI=1S/C18H35N3/c1-20-10-5-8-16-14-21(11-9-18(16)20)17(13-19)12-15-6-3-2-4-7-15/h15-18H,2-14,19H2,1H3. The van der Waals surface area contributed by atoms with Crippen molar-refractivity contribution in [3.8, 4) is 0 Å². The van der Waals surface area contributed by atoms with Gasteiger partial charge in [0.15, 0.2) is 0 Å². The fourth-order valence-electron chi connectivity index (χ4n) is 5.21. The first-order valence-corrected chi connectivity index (χ1v) is 9.42. The number of piperidine rings is 2. The van der Waals surface area contributed by atoms with Crippen LogP contribution in [0.4, 0.5) is 0 Å². The zero-order valence-electron chi connectivity index (χ0n) is 14.0. The fraction of sp³-hybridized carbons (Fsp3) is 1.00. The van der Waals surface area contributed by atoms with Gasteiger partial charge in [-0.1, -0.05) is 32.1 Å². The first-order chi connectivity index (χ1) is 10.3. The van der Waals surface area contributed by atoms with Crippen molar-refractivity contribution < 1.29 is 0 Å². The summed E-state index contributed by atoms with van der Waals surface area (Å²) in [6.45, 7) is 4.76. The summed E-state index contributed by atoms with van der Waals surface area (Å²) in [6, 6.07) is 1.50. The van der Waals surface area contributed by atoms with Crippen LogP contribution in [0.25, 0.3) is 0 Å². The Bertz CT molecular complexity index is 314. The second-order valence-electron chi connectivity index (χ2n) is 7.86. The highest BCUT2D eigenvalue weighted by Gasteiger charge is 2.36. The van der Waals surface area contributed by atoms with Crippen LogP contribution in [0, 0.1) is 11.8 Å². The molecular weight excluding hydrogens is 258 g/mol. The number of fused-ring (bicyclic) bond motifs is 1. The molecule has 3 unspecified atom stereocenters. The summed E-state index contributed by atoms with van der Waals surface area (Å²) in [5.41, 5.74) is 6.16. The van der Waals surface area contributed by atoms with Crippen LogP contribution < -0.4 is 5.73 Å². The van der Waals surface area contributed by atoms with E-state index in [1.165, 1.54) is 77.4 Å². The molecule has 0 aromatic rings. The van der Waals surface area contributed by atoms with Gasteiger partial charge in [-0.15, -0.1) is 0 Å². The Morgan fingerprint density at radius 2 is 1.81 bits per heavy atom. The zero-order chi connectivity index (χ0) is 14.7. The molecule has 3 aliphatic rings. The third-order valence-electron chi connectivity index (χ3n) is 6.50. The molecule has 1 saturated carbocycles. The smallest absolute Gasteiger partial charge is 0.0221 e. The number of nitrogens with two attached hydrogens (primary N) is 1. The van der Waals surface area contributed by atoms with Gasteiger partial charge in [0.05, 0.1) is 0 Å². The molecule has 0 spiro atoms. The lowest BCUT2D eigenvalue weighted by molar-refractivity contribution is 0.0157. The van der Waals surface area contributed by atoms with Crippen molar-refractivity contribution in [2.24, 2.45) is 17.6 Å². The molecule has 3 heteroatoms. The molecule has 21 heavy (non-hydrogen) atoms. The predicted molar refractivity (Wildman–Crippen MR) is 89.4 cm³/mol. The third-order valence-corrected chi connectivity index (χ3v) is 6.50. The molecule has 0 amide bonds. The van der Waals surface area contributed by atoms with E-state index in [9.17, 15) is 0 Å². The van der Waals surface area contributed by atoms with Crippen molar-refractivity contribution in [1.82, 2.24) is 9.80 Å². The number of rotatable bonds is 4. The summed E-state index contributed by atoms with van der Waals surface area (Å²) < 4.78 is 0. The van der Waals surface area contributed by atoms with E-state index in [1.54, 1.807) is 0 Å². The number of hydrogen-bond donors (Lipinski definition) is 1. The van der Waals surface area contributed by atoms with Gasteiger partial charge in [0.25, 0.3) is 0 Å². The molecule has 3 fully saturated rings. The molecule has 122 valence electrons. The summed E-state index contributed by atoms with van der Waals surface area (Å²) in [7, 11) is 2.33. The SMILES string of the molecule is CN1CCCC2CN(C(CN)CC3CCCCC3)CCC21. The maximum absolute atomic E-state index is 6.16. The summed E-state index contributed by atoms with van der Waals surface area (Å²) in [5.74, 6) is 1.86. The Balaban J connectivity index is 1.54. The summed E-state index contributed by atoms with van der Waals surface area (Å²) >= 11 is 0. The van der Waals surface area contributed by atoms with Gasteiger partial charge in [-0.3, -0.25) is 4.90 Å². The molecule has 3 nitrogen and oxygen atoms in total. The van der Waals surface area contributed by atoms with E-state index in [0.29, 0.717) is 6.04 Å². The zero-order valence-corrected chi connectivity index (χ0v) is 14.0. The summed E-state index contributed by atoms with van der Waals surface area (Å²) in [6.07, 6.45) is 12.8. The van der Waals surface area contributed by atoms with E-state index in [1.807, 2.05) is 0 Å². The van der Waals surface area contributed by atoms with Gasteiger partial charge in [-0.05, 0) is 57.7 Å². The van der Waals surface area contributed by atoms with Gasteiger partial charge >= 0.3 is 0 Å². The molecule has 2 heterocycles. The summed E-state index contributed by atoms with van der Waals surface area (Å²) in [4.78, 5) is 5.37. The molecule has 2 aliphatic heterocycles. The molecule has 2 saturated heterocycles. The Kier molecular flexibility index (Phi) is 5.58. The van der Waals surface area contributed by atoms with Crippen LogP contribution in [0.2, 0.25) is 0 Å². The highest BCUT2D eigenvalue weighted by Crippen LogP contribution is 2.33. The molecular formula is C18H35N3. The Labute approximate surface area is 131 Å². The first kappa shape index (κ1) is 15.8. The lowest BCUT2D eigenvalue weighted by Gasteiger charge is -2.48. The van der Waals surface area contributed by atoms with E-state index < -0.39 is 0 Å². The minimum Gasteiger partial charge on any atom is -0.329 e. The fourth-order valence-corrected chi connectivity index (χ4v) is 5.21. The minimum atomic E-state index is 0.654. The van der Waals surface area contributed by atoms with Crippen LogP contribution >= 0.6 is 0 Å². The van der Waals surface area contributed by atoms with Crippen LogP contribution in [-0.2, 0) is 0 Å². The van der Waals surface area contributed by atoms with Gasteiger partial charge in [-0.25, -0.2) is 0 Å². The Hall–Kier alpha value is -0.120. The normalized spacial score (nSPS) is 34.6. The lowest BCUT2D eigenvalue weighted by Crippen LogP contribution is -2.56. The van der Waals surface area contributed by atoms with Crippen molar-refractivity contribution in [3.63, 3.8) is 0 Å². The van der Waals surface area contributed by atoms with Gasteiger partial charge in [-0.2, -0.15) is 0 Å². The molecule has 0 aromatic carbocycles. The van der Waals surface area contributed by atoms with E-state index in [4.69, 9.17) is 5.73 Å². The van der Waals surface area contributed by atoms with Crippen molar-refractivity contribution in [3.05, 3.63) is 0 Å². The second kappa shape index (κ2) is 7.43. The number of hydrogen-bond acceptors (Lipinski definition) is 3. The third kappa shape index (κ3) is 3.80. The first-order valence-electron chi connectivity index (χ1n) is 9.42. The Morgan fingerprint density at radius 3 is 2.57 bits per heavy atom. The molecule has 0 aromatic heterocycles. The van der Waals surface area contributed by atoms with Gasteiger partial charge in [0, 0.05) is 25.2 Å². The molecule has 1 aliphatic carbocycles. The van der Waals surface area contributed by atoms with E-state index in [2.05, 4.69) is 16.8 Å². The highest BCUT2D eigenvalue weighted by atomic mass is 15.2. The van der Waals surface area contributed by atoms with Crippen molar-refractivity contribution >= 4 is 0 Å². The summed E-state index contributed by atoms with van der Waals surface area (Å²) in [5, 5.41) is 0. The second-order valence-corrected chi connectivity index (χ2v) is 7.86. The highest BCUT2D eigenvalue weighted by molar-refractivity contribution is 4.92. The average molecular weight is 293 g/mol. The number of nitrogens with zero attached hydrogens (tertiary/aromatic N) is 2. The molecule has 0 radical (unpaired) electrons. The molecule has 2 N–H and O–H groups in total. The van der Waals surface area contributed by atoms with Gasteiger partial charge in [0.1, 0.15) is 0 Å². The van der Waals surface area contributed by atoms with E-state index in [-0.39, 0.29) is 0 Å². The van der Waals surface area contributed by atoms with Crippen LogP contribution in [0.3, 0.4) is 0 Å². The van der Waals surface area contributed by atoms with Gasteiger partial charge < -0.3 is 10.6 Å². The topological polar surface area (TPSA) is 32.5 Å². The monoisotopic (exact) mass is 293 g/mol. The van der Waals surface area contributed by atoms with Crippen LogP contribution in [0.5, 0.6) is 0 Å². The maximum Gasteiger partial charge on any atom is 0.0221 e. The quantitative estimate of drug-likeness (QED) is 0.865. The van der Waals surface area contributed by atoms with Crippen molar-refractivity contribution in [1.29, 1.82) is 0 Å². The molecule has 0 bridgehead atoms. The maximum atomic E-state index is 6.16. The average Bonchev–Trinajstić information content (AvgIpc) is 2.53. The van der Waals surface area contributed by atoms with Crippen LogP contribution in [-0.4, -0.2) is 55.1 Å². The number of likely N-dealkylation sites (tertiary alicyclic amines) is 2. The van der Waals surface area contributed by atoms with Crippen LogP contribution in [0.15, 0.2) is 0 Å². The minimum absolute atomic E-state index is 0.654. The van der Waals surface area contributed by atoms with Gasteiger partial charge in [0.2, 0.25) is 0 Å². The van der Waals surface area contributed by atoms with E-state index >= 15 is 0 Å². The van der Waals surface area contributed by atoms with Crippen LogP contribution in [0.1, 0.15) is 57.8 Å². The predicted octanol–water partition coefficient (Wildman–Crippen LogP) is 2.70. The van der Waals surface area contributed by atoms with Crippen molar-refractivity contribution in [2.45, 2.75) is 69.9 Å². The van der Waals surface area contributed by atoms with Crippen molar-refractivity contribution in [2.75, 3.05) is 33.2 Å². The van der Waals surface area contributed by atoms with E-state index in [0.717, 1.165) is 24.4 Å². The largest absolute Gasteiger partial charge is 0.329 e.